The van der Waals surface area contributed by atoms with Gasteiger partial charge in [-0.15, -0.1) is 0 Å². The highest BCUT2D eigenvalue weighted by Crippen LogP contribution is 2.39. The van der Waals surface area contributed by atoms with Crippen LogP contribution in [0.2, 0.25) is 23.2 Å². The fourth-order valence-electron chi connectivity index (χ4n) is 5.21. The summed E-state index contributed by atoms with van der Waals surface area (Å²) in [6, 6.07) is 28.1. The Balaban J connectivity index is 1.63. The fraction of sp³-hybridized carbons (Fsp3) is 0.171. The lowest BCUT2D eigenvalue weighted by Gasteiger charge is -2.36. The predicted molar refractivity (Wildman–Crippen MR) is 188 cm³/mol. The first-order valence-corrected chi connectivity index (χ1v) is 21.0. The summed E-state index contributed by atoms with van der Waals surface area (Å²) < 4.78 is 65.3. The molecule has 6 rings (SSSR count). The number of aromatic nitrogens is 2. The normalized spacial score (nSPS) is 12.9. The molecule has 47 heavy (non-hydrogen) atoms. The van der Waals surface area contributed by atoms with E-state index in [0.717, 1.165) is 7.94 Å². The van der Waals surface area contributed by atoms with E-state index in [1.807, 2.05) is 0 Å². The van der Waals surface area contributed by atoms with Crippen LogP contribution in [0.1, 0.15) is 37.0 Å². The quantitative estimate of drug-likeness (QED) is 0.117. The van der Waals surface area contributed by atoms with E-state index in [4.69, 9.17) is 16.0 Å². The second-order valence-electron chi connectivity index (χ2n) is 12.8. The first-order chi connectivity index (χ1) is 22.0. The molecule has 4 aromatic carbocycles. The van der Waals surface area contributed by atoms with Crippen LogP contribution in [0, 0.1) is 0 Å². The zero-order valence-corrected chi connectivity index (χ0v) is 29.8. The van der Waals surface area contributed by atoms with E-state index < -0.39 is 34.1 Å². The van der Waals surface area contributed by atoms with Gasteiger partial charge < -0.3 is 4.43 Å². The van der Waals surface area contributed by atoms with Crippen LogP contribution in [-0.4, -0.2) is 38.9 Å². The molecule has 0 unspecified atom stereocenters. The molecule has 8 nitrogen and oxygen atoms in total. The molecular weight excluding hydrogens is 672 g/mol. The summed E-state index contributed by atoms with van der Waals surface area (Å²) in [4.78, 5) is 14.6. The van der Waals surface area contributed by atoms with E-state index in [1.165, 1.54) is 36.4 Å². The van der Waals surface area contributed by atoms with E-state index in [0.29, 0.717) is 16.5 Å². The highest BCUT2D eigenvalue weighted by atomic mass is 35.5. The molecule has 0 aliphatic heterocycles. The summed E-state index contributed by atoms with van der Waals surface area (Å²) in [6.07, 6.45) is 0. The largest absolute Gasteiger partial charge is 0.543 e. The van der Waals surface area contributed by atoms with E-state index in [9.17, 15) is 21.6 Å². The van der Waals surface area contributed by atoms with E-state index in [2.05, 4.69) is 33.9 Å². The van der Waals surface area contributed by atoms with Crippen molar-refractivity contribution in [2.45, 2.75) is 48.7 Å². The van der Waals surface area contributed by atoms with Crippen LogP contribution >= 0.6 is 11.6 Å². The van der Waals surface area contributed by atoms with Gasteiger partial charge in [-0.05, 0) is 84.9 Å². The molecule has 242 valence electrons. The minimum Gasteiger partial charge on any atom is -0.543 e. The number of benzene rings is 4. The van der Waals surface area contributed by atoms with Crippen LogP contribution in [0.5, 0.6) is 5.75 Å². The Labute approximate surface area is 280 Å². The molecule has 0 bridgehead atoms. The molecule has 0 radical (unpaired) electrons. The second kappa shape index (κ2) is 11.5. The first kappa shape index (κ1) is 32.8. The van der Waals surface area contributed by atoms with Crippen molar-refractivity contribution in [3.8, 4) is 5.75 Å². The smallest absolute Gasteiger partial charge is 0.268 e. The van der Waals surface area contributed by atoms with Crippen LogP contribution in [0.4, 0.5) is 0 Å². The summed E-state index contributed by atoms with van der Waals surface area (Å²) >= 11 is 6.51. The Morgan fingerprint density at radius 3 is 1.77 bits per heavy atom. The molecule has 0 aliphatic rings. The molecule has 2 heterocycles. The molecule has 0 atom stereocenters. The Hall–Kier alpha value is -4.16. The average molecular weight is 705 g/mol. The summed E-state index contributed by atoms with van der Waals surface area (Å²) in [5.74, 6) is -0.274. The molecule has 0 saturated carbocycles. The van der Waals surface area contributed by atoms with Gasteiger partial charge in [0.25, 0.3) is 20.0 Å². The van der Waals surface area contributed by atoms with Gasteiger partial charge in [0, 0.05) is 15.8 Å². The summed E-state index contributed by atoms with van der Waals surface area (Å²) in [5.41, 5.74) is -0.0754. The SMILES string of the molecule is CC(C)(C)[Si](C)(C)Oc1ccc2c(c1)cc(C(=O)c1cc3c(Cl)cccc3n1S(=O)(=O)c1ccccc1)n2S(=O)(=O)c1ccccc1. The maximum absolute atomic E-state index is 14.7. The molecule has 0 N–H and O–H groups in total. The third kappa shape index (κ3) is 5.61. The standard InChI is InChI=1S/C35H33ClN2O6S2Si/c1-35(2,3)47(4,5)44-25-19-20-30-24(21-25)22-32(37(30)45(40,41)26-13-8-6-9-14-26)34(39)33-23-28-29(36)17-12-18-31(28)38(33)46(42,43)27-15-10-7-11-16-27/h6-23H,1-5H3. The zero-order valence-electron chi connectivity index (χ0n) is 26.4. The van der Waals surface area contributed by atoms with Gasteiger partial charge in [-0.25, -0.2) is 24.8 Å². The number of fused-ring (bicyclic) bond motifs is 2. The van der Waals surface area contributed by atoms with Crippen molar-refractivity contribution in [2.75, 3.05) is 0 Å². The van der Waals surface area contributed by atoms with Gasteiger partial charge in [0.2, 0.25) is 14.1 Å². The number of halogens is 1. The molecule has 0 amide bonds. The minimum atomic E-state index is -4.34. The maximum atomic E-state index is 14.7. The number of carbonyl (C=O) groups excluding carboxylic acids is 1. The van der Waals surface area contributed by atoms with E-state index in [-0.39, 0.29) is 42.3 Å². The molecule has 0 spiro atoms. The fourth-order valence-corrected chi connectivity index (χ4v) is 9.51. The Morgan fingerprint density at radius 2 is 1.21 bits per heavy atom. The topological polar surface area (TPSA) is 104 Å². The zero-order chi connectivity index (χ0) is 33.9. The Kier molecular flexibility index (Phi) is 8.03. The van der Waals surface area contributed by atoms with E-state index in [1.54, 1.807) is 72.8 Å². The molecule has 0 saturated heterocycles. The van der Waals surface area contributed by atoms with Gasteiger partial charge in [0.15, 0.2) is 0 Å². The van der Waals surface area contributed by atoms with Crippen molar-refractivity contribution in [1.82, 2.24) is 7.94 Å². The number of carbonyl (C=O) groups is 1. The van der Waals surface area contributed by atoms with Gasteiger partial charge in [0.1, 0.15) is 17.1 Å². The number of nitrogens with zero attached hydrogens (tertiary/aromatic N) is 2. The Bertz CT molecular complexity index is 2390. The molecular formula is C35H33ClN2O6S2Si. The number of rotatable bonds is 8. The number of hydrogen-bond acceptors (Lipinski definition) is 6. The first-order valence-electron chi connectivity index (χ1n) is 14.8. The predicted octanol–water partition coefficient (Wildman–Crippen LogP) is 8.34. The summed E-state index contributed by atoms with van der Waals surface area (Å²) in [5, 5.41) is 0.916. The van der Waals surface area contributed by atoms with Crippen molar-refractivity contribution in [2.24, 2.45) is 0 Å². The van der Waals surface area contributed by atoms with Crippen LogP contribution in [0.3, 0.4) is 0 Å². The molecule has 0 fully saturated rings. The van der Waals surface area contributed by atoms with Gasteiger partial charge >= 0.3 is 0 Å². The highest BCUT2D eigenvalue weighted by Gasteiger charge is 2.39. The van der Waals surface area contributed by atoms with Gasteiger partial charge in [0.05, 0.1) is 20.8 Å². The van der Waals surface area contributed by atoms with Crippen molar-refractivity contribution in [3.63, 3.8) is 0 Å². The lowest BCUT2D eigenvalue weighted by molar-refractivity contribution is 0.102. The van der Waals surface area contributed by atoms with Crippen molar-refractivity contribution in [3.05, 3.63) is 126 Å². The third-order valence-electron chi connectivity index (χ3n) is 8.68. The van der Waals surface area contributed by atoms with Crippen LogP contribution in [0.15, 0.2) is 119 Å². The lowest BCUT2D eigenvalue weighted by Crippen LogP contribution is -2.43. The lowest BCUT2D eigenvalue weighted by atomic mass is 10.2. The molecule has 6 aromatic rings. The second-order valence-corrected chi connectivity index (χ2v) is 21.5. The van der Waals surface area contributed by atoms with Gasteiger partial charge in [-0.3, -0.25) is 4.79 Å². The molecule has 0 aliphatic carbocycles. The van der Waals surface area contributed by atoms with Gasteiger partial charge in [-0.2, -0.15) is 0 Å². The summed E-state index contributed by atoms with van der Waals surface area (Å²) in [7, 11) is -10.9. The van der Waals surface area contributed by atoms with Crippen LogP contribution in [-0.2, 0) is 20.0 Å². The monoisotopic (exact) mass is 704 g/mol. The van der Waals surface area contributed by atoms with Crippen LogP contribution in [0.25, 0.3) is 21.8 Å². The molecule has 12 heteroatoms. The highest BCUT2D eigenvalue weighted by molar-refractivity contribution is 7.90. The van der Waals surface area contributed by atoms with Crippen molar-refractivity contribution in [1.29, 1.82) is 0 Å². The number of hydrogen-bond donors (Lipinski definition) is 0. The minimum absolute atomic E-state index is 0.0337. The number of ketones is 1. The van der Waals surface area contributed by atoms with Crippen LogP contribution < -0.4 is 4.43 Å². The van der Waals surface area contributed by atoms with Crippen molar-refractivity contribution >= 4 is 67.6 Å². The van der Waals surface area contributed by atoms with Gasteiger partial charge in [-0.1, -0.05) is 74.8 Å². The summed E-state index contributed by atoms with van der Waals surface area (Å²) in [6.45, 7) is 10.6. The van der Waals surface area contributed by atoms with Crippen molar-refractivity contribution < 1.29 is 26.1 Å². The Morgan fingerprint density at radius 1 is 0.681 bits per heavy atom. The third-order valence-corrected chi connectivity index (χ3v) is 16.9. The van der Waals surface area contributed by atoms with E-state index >= 15 is 0 Å². The molecule has 2 aromatic heterocycles. The average Bonchev–Trinajstić information content (AvgIpc) is 3.61. The maximum Gasteiger partial charge on any atom is 0.268 e.